The minimum Gasteiger partial charge on any atom is -0.273 e. The normalized spacial score (nSPS) is 15.3. The van der Waals surface area contributed by atoms with Crippen LogP contribution < -0.4 is 10.2 Å². The molecule has 1 heterocycles. The van der Waals surface area contributed by atoms with Crippen molar-refractivity contribution >= 4 is 52.8 Å². The largest absolute Gasteiger partial charge is 0.335 e. The van der Waals surface area contributed by atoms with Gasteiger partial charge in [-0.2, -0.15) is 0 Å². The Kier molecular flexibility index (Phi) is 6.08. The van der Waals surface area contributed by atoms with E-state index in [1.165, 1.54) is 36.4 Å². The van der Waals surface area contributed by atoms with Crippen LogP contribution >= 0.6 is 23.2 Å². The predicted molar refractivity (Wildman–Crippen MR) is 121 cm³/mol. The maximum Gasteiger partial charge on any atom is 0.335 e. The van der Waals surface area contributed by atoms with E-state index < -0.39 is 17.8 Å². The Balaban J connectivity index is 1.63. The average Bonchev–Trinajstić information content (AvgIpc) is 2.75. The highest BCUT2D eigenvalue weighted by molar-refractivity contribution is 6.39. The van der Waals surface area contributed by atoms with Crippen molar-refractivity contribution in [2.75, 3.05) is 4.90 Å². The van der Waals surface area contributed by atoms with Gasteiger partial charge in [0.05, 0.1) is 5.69 Å². The summed E-state index contributed by atoms with van der Waals surface area (Å²) in [4.78, 5) is 38.4. The number of amides is 4. The highest BCUT2D eigenvalue weighted by Crippen LogP contribution is 2.26. The molecular weight excluding hydrogens is 454 g/mol. The van der Waals surface area contributed by atoms with E-state index >= 15 is 0 Å². The molecule has 4 amide bonds. The molecule has 5 nitrogen and oxygen atoms in total. The van der Waals surface area contributed by atoms with E-state index in [-0.39, 0.29) is 17.1 Å². The van der Waals surface area contributed by atoms with E-state index in [0.717, 1.165) is 4.90 Å². The van der Waals surface area contributed by atoms with E-state index in [1.54, 1.807) is 36.4 Å². The number of hydrogen-bond acceptors (Lipinski definition) is 3. The number of carbonyl (C=O) groups excluding carboxylic acids is 3. The molecule has 0 bridgehead atoms. The topological polar surface area (TPSA) is 66.5 Å². The van der Waals surface area contributed by atoms with Crippen molar-refractivity contribution in [3.63, 3.8) is 0 Å². The van der Waals surface area contributed by atoms with Crippen molar-refractivity contribution in [3.05, 3.63) is 105 Å². The van der Waals surface area contributed by atoms with E-state index in [2.05, 4.69) is 5.32 Å². The summed E-state index contributed by atoms with van der Waals surface area (Å²) < 4.78 is 13.9. The number of urea groups is 1. The summed E-state index contributed by atoms with van der Waals surface area (Å²) in [5.74, 6) is -1.91. The summed E-state index contributed by atoms with van der Waals surface area (Å²) in [7, 11) is 0. The first kappa shape index (κ1) is 21.7. The van der Waals surface area contributed by atoms with Crippen LogP contribution in [-0.2, 0) is 16.0 Å². The minimum absolute atomic E-state index is 0.225. The first-order valence-electron chi connectivity index (χ1n) is 9.52. The molecule has 8 heteroatoms. The highest BCUT2D eigenvalue weighted by atomic mass is 35.5. The van der Waals surface area contributed by atoms with Gasteiger partial charge in [-0.1, -0.05) is 53.5 Å². The minimum atomic E-state index is -0.849. The zero-order valence-corrected chi connectivity index (χ0v) is 18.0. The summed E-state index contributed by atoms with van der Waals surface area (Å²) in [6.07, 6.45) is 1.65. The number of benzene rings is 3. The Morgan fingerprint density at radius 3 is 2.31 bits per heavy atom. The molecule has 0 aliphatic carbocycles. The van der Waals surface area contributed by atoms with Crippen LogP contribution in [0, 0.1) is 5.82 Å². The van der Waals surface area contributed by atoms with Gasteiger partial charge in [0.15, 0.2) is 0 Å². The summed E-state index contributed by atoms with van der Waals surface area (Å²) >= 11 is 12.2. The van der Waals surface area contributed by atoms with Crippen LogP contribution in [0.1, 0.15) is 16.7 Å². The maximum atomic E-state index is 13.9. The highest BCUT2D eigenvalue weighted by Gasteiger charge is 2.36. The van der Waals surface area contributed by atoms with Gasteiger partial charge in [-0.05, 0) is 59.2 Å². The number of barbiturate groups is 1. The Morgan fingerprint density at radius 2 is 1.62 bits per heavy atom. The molecule has 4 rings (SSSR count). The maximum absolute atomic E-state index is 13.9. The molecule has 0 spiro atoms. The molecular formula is C24H15Cl2FN2O3. The Hall–Kier alpha value is -3.48. The lowest BCUT2D eigenvalue weighted by molar-refractivity contribution is -0.122. The number of rotatable bonds is 4. The molecule has 1 N–H and O–H groups in total. The smallest absolute Gasteiger partial charge is 0.273 e. The van der Waals surface area contributed by atoms with Crippen LogP contribution in [0.4, 0.5) is 14.9 Å². The van der Waals surface area contributed by atoms with Gasteiger partial charge in [-0.25, -0.2) is 14.1 Å². The number of nitrogens with one attached hydrogen (secondary N) is 1. The number of hydrogen-bond donors (Lipinski definition) is 1. The predicted octanol–water partition coefficient (Wildman–Crippen LogP) is 5.39. The molecule has 0 radical (unpaired) electrons. The average molecular weight is 469 g/mol. The fourth-order valence-electron chi connectivity index (χ4n) is 3.29. The quantitative estimate of drug-likeness (QED) is 0.412. The van der Waals surface area contributed by atoms with Crippen LogP contribution in [0.3, 0.4) is 0 Å². The van der Waals surface area contributed by atoms with Crippen molar-refractivity contribution in [2.45, 2.75) is 6.42 Å². The van der Waals surface area contributed by atoms with Crippen molar-refractivity contribution < 1.29 is 18.8 Å². The molecule has 1 fully saturated rings. The lowest BCUT2D eigenvalue weighted by Gasteiger charge is -2.26. The second kappa shape index (κ2) is 8.94. The van der Waals surface area contributed by atoms with Gasteiger partial charge in [0.25, 0.3) is 11.8 Å². The van der Waals surface area contributed by atoms with E-state index in [1.807, 2.05) is 0 Å². The van der Waals surface area contributed by atoms with Crippen molar-refractivity contribution in [1.29, 1.82) is 0 Å². The molecule has 1 aliphatic heterocycles. The number of nitrogens with zero attached hydrogens (tertiary/aromatic N) is 1. The summed E-state index contributed by atoms with van der Waals surface area (Å²) in [6.45, 7) is 0. The number of imide groups is 2. The second-order valence-electron chi connectivity index (χ2n) is 7.05. The van der Waals surface area contributed by atoms with Gasteiger partial charge in [0.1, 0.15) is 11.4 Å². The van der Waals surface area contributed by atoms with Crippen LogP contribution in [0.25, 0.3) is 6.08 Å². The second-order valence-corrected chi connectivity index (χ2v) is 7.90. The summed E-state index contributed by atoms with van der Waals surface area (Å²) in [5, 5.41) is 2.96. The third kappa shape index (κ3) is 4.42. The Bertz CT molecular complexity index is 1270. The summed E-state index contributed by atoms with van der Waals surface area (Å²) in [5.41, 5.74) is 1.72. The Morgan fingerprint density at radius 1 is 0.906 bits per heavy atom. The molecule has 0 aromatic heterocycles. The Labute approximate surface area is 193 Å². The van der Waals surface area contributed by atoms with Crippen LogP contribution in [-0.4, -0.2) is 17.8 Å². The third-order valence-electron chi connectivity index (χ3n) is 4.91. The molecule has 3 aromatic rings. The van der Waals surface area contributed by atoms with Crippen molar-refractivity contribution in [2.24, 2.45) is 0 Å². The van der Waals surface area contributed by atoms with Crippen molar-refractivity contribution in [1.82, 2.24) is 5.32 Å². The van der Waals surface area contributed by atoms with E-state index in [9.17, 15) is 18.8 Å². The van der Waals surface area contributed by atoms with Crippen LogP contribution in [0.15, 0.2) is 72.3 Å². The van der Waals surface area contributed by atoms with Crippen LogP contribution in [0.2, 0.25) is 10.0 Å². The van der Waals surface area contributed by atoms with Gasteiger partial charge in [0.2, 0.25) is 0 Å². The molecule has 1 saturated heterocycles. The molecule has 3 aromatic carbocycles. The molecule has 0 saturated carbocycles. The monoisotopic (exact) mass is 468 g/mol. The number of carbonyl (C=O) groups is 3. The first-order valence-corrected chi connectivity index (χ1v) is 10.3. The van der Waals surface area contributed by atoms with Crippen LogP contribution in [0.5, 0.6) is 0 Å². The zero-order chi connectivity index (χ0) is 22.8. The van der Waals surface area contributed by atoms with Gasteiger partial charge >= 0.3 is 6.03 Å². The zero-order valence-electron chi connectivity index (χ0n) is 16.4. The van der Waals surface area contributed by atoms with Gasteiger partial charge in [0, 0.05) is 16.5 Å². The first-order chi connectivity index (χ1) is 15.3. The standard InChI is InChI=1S/C24H15Cl2FN2O3/c25-17-7-9-18(10-8-17)29-23(31)19(22(30)28-24(29)32)11-14-5-6-15(20(26)12-14)13-16-3-1-2-4-21(16)27/h1-12H,13H2,(H,28,30,32)/b19-11+. The number of anilines is 1. The number of halogens is 3. The molecule has 0 unspecified atom stereocenters. The lowest BCUT2D eigenvalue weighted by atomic mass is 10.0. The van der Waals surface area contributed by atoms with Gasteiger partial charge in [-0.15, -0.1) is 0 Å². The van der Waals surface area contributed by atoms with Gasteiger partial charge in [-0.3, -0.25) is 14.9 Å². The molecule has 32 heavy (non-hydrogen) atoms. The molecule has 1 aliphatic rings. The van der Waals surface area contributed by atoms with Crippen molar-refractivity contribution in [3.8, 4) is 0 Å². The fraction of sp³-hybridized carbons (Fsp3) is 0.0417. The van der Waals surface area contributed by atoms with Gasteiger partial charge < -0.3 is 0 Å². The summed E-state index contributed by atoms with van der Waals surface area (Å²) in [6, 6.07) is 16.6. The molecule has 0 atom stereocenters. The molecule has 160 valence electrons. The van der Waals surface area contributed by atoms with E-state index in [4.69, 9.17) is 23.2 Å². The lowest BCUT2D eigenvalue weighted by Crippen LogP contribution is -2.54. The fourth-order valence-corrected chi connectivity index (χ4v) is 3.67. The van der Waals surface area contributed by atoms with E-state index in [0.29, 0.717) is 33.2 Å². The third-order valence-corrected chi connectivity index (χ3v) is 5.52. The SMILES string of the molecule is O=C1NC(=O)N(c2ccc(Cl)cc2)C(=O)/C1=C/c1ccc(Cc2ccccc2F)c(Cl)c1.